The first-order chi connectivity index (χ1) is 33.0. The second-order valence-corrected chi connectivity index (χ2v) is 17.1. The summed E-state index contributed by atoms with van der Waals surface area (Å²) in [5.74, 6) is 2.79. The van der Waals surface area contributed by atoms with Crippen LogP contribution in [0.4, 0.5) is 0 Å². The predicted molar refractivity (Wildman–Crippen MR) is 272 cm³/mol. The van der Waals surface area contributed by atoms with E-state index in [1.54, 1.807) is 28.3 Å². The molecule has 0 aromatic heterocycles. The van der Waals surface area contributed by atoms with Gasteiger partial charge in [0.25, 0.3) is 0 Å². The number of aldehydes is 1. The molecule has 0 saturated carbocycles. The van der Waals surface area contributed by atoms with E-state index in [2.05, 4.69) is 69.8 Å². The summed E-state index contributed by atoms with van der Waals surface area (Å²) >= 11 is 0. The first-order valence-electron chi connectivity index (χ1n) is 24.3. The summed E-state index contributed by atoms with van der Waals surface area (Å²) in [6.45, 7) is 21.7. The Morgan fingerprint density at radius 2 is 1.43 bits per heavy atom. The summed E-state index contributed by atoms with van der Waals surface area (Å²) in [6.07, 6.45) is 13.4. The molecular weight excluding hydrogens is 887 g/mol. The van der Waals surface area contributed by atoms with Gasteiger partial charge in [0, 0.05) is 41.3 Å². The van der Waals surface area contributed by atoms with Crippen molar-refractivity contribution in [1.82, 2.24) is 25.3 Å². The number of carbonyl (C=O) groups is 6. The molecule has 2 N–H and O–H groups in total. The van der Waals surface area contributed by atoms with Crippen LogP contribution < -0.4 is 10.6 Å². The summed E-state index contributed by atoms with van der Waals surface area (Å²) < 4.78 is 31.0. The lowest BCUT2D eigenvalue weighted by atomic mass is 9.91. The van der Waals surface area contributed by atoms with E-state index in [9.17, 15) is 28.8 Å². The molecule has 2 rings (SSSR count). The number of esters is 1. The number of likely N-dealkylation sites (N-methyl/N-ethyl adjacent to an activating group) is 3. The van der Waals surface area contributed by atoms with Gasteiger partial charge in [0.1, 0.15) is 25.5 Å². The van der Waals surface area contributed by atoms with Gasteiger partial charge in [-0.15, -0.1) is 6.42 Å². The highest BCUT2D eigenvalue weighted by atomic mass is 16.5. The molecule has 1 saturated heterocycles. The van der Waals surface area contributed by atoms with Gasteiger partial charge in [0.15, 0.2) is 0 Å². The number of nitrogens with one attached hydrogen (secondary N) is 2. The van der Waals surface area contributed by atoms with Crippen LogP contribution in [0, 0.1) is 30.1 Å². The van der Waals surface area contributed by atoms with E-state index < -0.39 is 18.1 Å². The normalized spacial score (nSPS) is 15.2. The number of benzene rings is 1. The van der Waals surface area contributed by atoms with Gasteiger partial charge in [-0.1, -0.05) is 111 Å². The summed E-state index contributed by atoms with van der Waals surface area (Å²) in [4.78, 5) is 72.1. The van der Waals surface area contributed by atoms with Crippen LogP contribution in [0.2, 0.25) is 0 Å². The molecule has 0 bridgehead atoms. The van der Waals surface area contributed by atoms with Crippen molar-refractivity contribution in [1.29, 1.82) is 0 Å². The van der Waals surface area contributed by atoms with Gasteiger partial charge in [0.05, 0.1) is 70.4 Å². The molecule has 4 amide bonds. The summed E-state index contributed by atoms with van der Waals surface area (Å²) in [7, 11) is 10.0. The van der Waals surface area contributed by atoms with Crippen LogP contribution in [0.3, 0.4) is 0 Å². The van der Waals surface area contributed by atoms with Crippen LogP contribution in [-0.4, -0.2) is 183 Å². The minimum atomic E-state index is -0.616. The monoisotopic (exact) mass is 980 g/mol. The number of carbonyl (C=O) groups excluding carboxylic acids is 6. The van der Waals surface area contributed by atoms with Crippen LogP contribution in [0.5, 0.6) is 0 Å². The van der Waals surface area contributed by atoms with Crippen molar-refractivity contribution in [2.45, 2.75) is 137 Å². The van der Waals surface area contributed by atoms with Crippen LogP contribution in [-0.2, 0) is 63.6 Å². The fourth-order valence-corrected chi connectivity index (χ4v) is 7.28. The quantitative estimate of drug-likeness (QED) is 0.0469. The number of rotatable bonds is 29. The zero-order valence-electron chi connectivity index (χ0n) is 45.0. The average molecular weight is 980 g/mol. The molecule has 1 fully saturated rings. The van der Waals surface area contributed by atoms with Gasteiger partial charge >= 0.3 is 5.97 Å². The van der Waals surface area contributed by atoms with Gasteiger partial charge in [-0.2, -0.15) is 0 Å². The Bertz CT molecular complexity index is 1490. The molecule has 69 heavy (non-hydrogen) atoms. The first-order valence-corrected chi connectivity index (χ1v) is 24.3. The highest BCUT2D eigenvalue weighted by molar-refractivity contribution is 5.81. The third-order valence-electron chi connectivity index (χ3n) is 11.1. The highest BCUT2D eigenvalue weighted by Crippen LogP contribution is 2.24. The minimum absolute atomic E-state index is 0.0650. The zero-order valence-corrected chi connectivity index (χ0v) is 45.0. The van der Waals surface area contributed by atoms with Crippen molar-refractivity contribution in [2.75, 3.05) is 95.2 Å². The molecule has 1 aliphatic rings. The second kappa shape index (κ2) is 44.7. The van der Waals surface area contributed by atoms with Crippen LogP contribution in [0.25, 0.3) is 0 Å². The molecule has 1 aromatic carbocycles. The SMILES string of the molecule is C#CCOCCOCCOCC(=O)N(C)C(C=O)C(C)C.CCC.CCC(C)C(C(CC)OC)N(C)C(=O)CNC.COC(=O)C(Cc1ccccc1)NC=O.COC(C(C)C)C1CCCN1C=O. The molecule has 17 nitrogen and oxygen atoms in total. The van der Waals surface area contributed by atoms with Gasteiger partial charge in [-0.3, -0.25) is 19.2 Å². The second-order valence-electron chi connectivity index (χ2n) is 17.1. The Labute approximate surface area is 416 Å². The van der Waals surface area contributed by atoms with Gasteiger partial charge in [-0.25, -0.2) is 4.79 Å². The maximum atomic E-state index is 11.9. The fourth-order valence-electron chi connectivity index (χ4n) is 7.28. The third-order valence-corrected chi connectivity index (χ3v) is 11.1. The number of ether oxygens (including phenoxy) is 6. The van der Waals surface area contributed by atoms with Crippen LogP contribution >= 0.6 is 0 Å². The zero-order chi connectivity index (χ0) is 53.2. The lowest BCUT2D eigenvalue weighted by molar-refractivity contribution is -0.144. The van der Waals surface area contributed by atoms with Gasteiger partial charge < -0.3 is 58.5 Å². The number of methoxy groups -OCH3 is 3. The molecule has 7 unspecified atom stereocenters. The molecule has 17 heteroatoms. The van der Waals surface area contributed by atoms with Gasteiger partial charge in [-0.05, 0) is 49.6 Å². The highest BCUT2D eigenvalue weighted by Gasteiger charge is 2.33. The van der Waals surface area contributed by atoms with Crippen LogP contribution in [0.15, 0.2) is 30.3 Å². The van der Waals surface area contributed by atoms with E-state index in [-0.39, 0.29) is 49.2 Å². The topological polar surface area (TPSA) is 192 Å². The molecule has 7 atom stereocenters. The molecular formula is C52H93N5O12. The third kappa shape index (κ3) is 30.7. The van der Waals surface area contributed by atoms with Crippen LogP contribution in [0.1, 0.15) is 100.0 Å². The molecule has 1 aliphatic heterocycles. The summed E-state index contributed by atoms with van der Waals surface area (Å²) in [6, 6.07) is 8.84. The maximum absolute atomic E-state index is 11.9. The number of hydrogen-bond donors (Lipinski definition) is 2. The largest absolute Gasteiger partial charge is 0.467 e. The lowest BCUT2D eigenvalue weighted by Crippen LogP contribution is -2.50. The van der Waals surface area contributed by atoms with Crippen molar-refractivity contribution < 1.29 is 57.2 Å². The van der Waals surface area contributed by atoms with E-state index in [4.69, 9.17) is 30.1 Å². The number of hydrogen-bond acceptors (Lipinski definition) is 13. The Hall–Kier alpha value is -4.44. The van der Waals surface area contributed by atoms with Crippen molar-refractivity contribution in [2.24, 2.45) is 17.8 Å². The fraction of sp³-hybridized carbons (Fsp3) is 0.731. The van der Waals surface area contributed by atoms with Crippen molar-refractivity contribution in [3.63, 3.8) is 0 Å². The minimum Gasteiger partial charge on any atom is -0.467 e. The average Bonchev–Trinajstić information content (AvgIpc) is 3.81. The smallest absolute Gasteiger partial charge is 0.328 e. The summed E-state index contributed by atoms with van der Waals surface area (Å²) in [5, 5.41) is 5.33. The number of terminal acetylenes is 1. The van der Waals surface area contributed by atoms with E-state index in [0.717, 1.165) is 50.5 Å². The Morgan fingerprint density at radius 3 is 1.88 bits per heavy atom. The van der Waals surface area contributed by atoms with Crippen molar-refractivity contribution in [3.05, 3.63) is 35.9 Å². The number of nitrogens with zero attached hydrogens (tertiary/aromatic N) is 3. The van der Waals surface area contributed by atoms with Gasteiger partial charge in [0.2, 0.25) is 24.6 Å². The molecule has 0 aliphatic carbocycles. The lowest BCUT2D eigenvalue weighted by Gasteiger charge is -2.37. The Morgan fingerprint density at radius 1 is 0.841 bits per heavy atom. The molecule has 398 valence electrons. The van der Waals surface area contributed by atoms with E-state index in [0.29, 0.717) is 63.7 Å². The summed E-state index contributed by atoms with van der Waals surface area (Å²) in [5.41, 5.74) is 0.974. The molecule has 1 heterocycles. The maximum Gasteiger partial charge on any atom is 0.328 e. The van der Waals surface area contributed by atoms with E-state index in [1.807, 2.05) is 61.0 Å². The van der Waals surface area contributed by atoms with E-state index in [1.165, 1.54) is 18.4 Å². The first kappa shape index (κ1) is 68.8. The molecule has 0 radical (unpaired) electrons. The van der Waals surface area contributed by atoms with Crippen molar-refractivity contribution >= 4 is 36.9 Å². The van der Waals surface area contributed by atoms with E-state index >= 15 is 0 Å². The standard InChI is InChI=1S/C15H25NO5.C13H28N2O2.C11H13NO3.C10H19NO2.C3H8/c1-5-6-19-7-8-20-9-10-21-12-15(18)16(4)14(11-17)13(2)3;1-7-10(3)13(11(8-2)17-6)15(5)12(16)9-14-4;1-15-11(14)10(12-8-13)7-9-5-3-2-4-6-9;1-8(2)10(13-3)9-5-4-6-11(9)7-12;1-3-2/h1,11,13-14H,6-10,12H2,2-4H3;10-11,13-14H,7-9H2,1-6H3;2-6,8,10H,7H2,1H3,(H,12,13);7-10H,4-6H2,1-3H3;3H2,1-2H3. The molecule has 1 aromatic rings. The number of amides is 4. The number of likely N-dealkylation sites (tertiary alicyclic amines) is 1. The Kier molecular flexibility index (Phi) is 44.6. The van der Waals surface area contributed by atoms with Crippen molar-refractivity contribution in [3.8, 4) is 12.3 Å². The Balaban J connectivity index is -0.000000835. The molecule has 0 spiro atoms. The predicted octanol–water partition coefficient (Wildman–Crippen LogP) is 5.07.